The van der Waals surface area contributed by atoms with Crippen LogP contribution in [-0.4, -0.2) is 35.5 Å². The van der Waals surface area contributed by atoms with Crippen LogP contribution in [0.2, 0.25) is 5.02 Å². The maximum Gasteiger partial charge on any atom is 0.218 e. The summed E-state index contributed by atoms with van der Waals surface area (Å²) in [5.41, 5.74) is 5.52. The van der Waals surface area contributed by atoms with Crippen LogP contribution in [0.15, 0.2) is 61.1 Å². The van der Waals surface area contributed by atoms with E-state index in [2.05, 4.69) is 4.98 Å². The molecule has 0 saturated carbocycles. The molecule has 5 nitrogen and oxygen atoms in total. The molecule has 0 saturated heterocycles. The minimum absolute atomic E-state index is 0.176. The van der Waals surface area contributed by atoms with Crippen molar-refractivity contribution in [1.29, 1.82) is 0 Å². The Bertz CT molecular complexity index is 1110. The number of benzene rings is 2. The number of aromatic hydroxyl groups is 1. The zero-order chi connectivity index (χ0) is 21.8. The first kappa shape index (κ1) is 21.4. The Labute approximate surface area is 181 Å². The number of rotatable bonds is 6. The third kappa shape index (κ3) is 4.63. The topological polar surface area (TPSA) is 56.7 Å². The lowest BCUT2D eigenvalue weighted by atomic mass is 9.95. The van der Waals surface area contributed by atoms with Crippen LogP contribution in [0.4, 0.5) is 5.69 Å². The molecule has 0 aliphatic rings. The van der Waals surface area contributed by atoms with Crippen molar-refractivity contribution in [2.75, 3.05) is 19.0 Å². The van der Waals surface area contributed by atoms with Crippen molar-refractivity contribution < 1.29 is 9.90 Å². The van der Waals surface area contributed by atoms with Gasteiger partial charge in [0.15, 0.2) is 0 Å². The first-order valence-corrected chi connectivity index (χ1v) is 9.83. The van der Waals surface area contributed by atoms with Crippen molar-refractivity contribution >= 4 is 23.7 Å². The molecule has 1 heterocycles. The number of hydrogen-bond acceptors (Lipinski definition) is 4. The number of aryl methyl sites for hydroxylation is 2. The molecular formula is C24H24ClN3O2. The van der Waals surface area contributed by atoms with Gasteiger partial charge in [-0.15, -0.1) is 0 Å². The molecule has 0 radical (unpaired) electrons. The van der Waals surface area contributed by atoms with Crippen LogP contribution < -0.4 is 4.90 Å². The van der Waals surface area contributed by atoms with Crippen molar-refractivity contribution in [2.45, 2.75) is 13.8 Å². The molecule has 6 heteroatoms. The monoisotopic (exact) mass is 421 g/mol. The normalized spacial score (nSPS) is 11.0. The molecular weight excluding hydrogens is 398 g/mol. The molecule has 0 unspecified atom stereocenters. The Morgan fingerprint density at radius 1 is 0.967 bits per heavy atom. The second-order valence-electron chi connectivity index (χ2n) is 7.34. The first-order valence-electron chi connectivity index (χ1n) is 9.45. The van der Waals surface area contributed by atoms with Crippen LogP contribution in [0.25, 0.3) is 22.3 Å². The zero-order valence-electron chi connectivity index (χ0n) is 17.4. The fourth-order valence-electron chi connectivity index (χ4n) is 3.19. The largest absolute Gasteiger partial charge is 0.507 e. The van der Waals surface area contributed by atoms with Crippen molar-refractivity contribution in [3.63, 3.8) is 0 Å². The summed E-state index contributed by atoms with van der Waals surface area (Å²) in [6.07, 6.45) is 5.83. The number of nitrogens with zero attached hydrogens (tertiary/aromatic N) is 3. The van der Waals surface area contributed by atoms with Gasteiger partial charge in [-0.1, -0.05) is 17.7 Å². The lowest BCUT2D eigenvalue weighted by molar-refractivity contribution is -0.106. The van der Waals surface area contributed by atoms with E-state index in [4.69, 9.17) is 11.6 Å². The molecule has 3 rings (SSSR count). The summed E-state index contributed by atoms with van der Waals surface area (Å²) in [6.45, 7) is 3.90. The van der Waals surface area contributed by atoms with Crippen LogP contribution in [0.5, 0.6) is 5.75 Å². The van der Waals surface area contributed by atoms with E-state index in [1.54, 1.807) is 30.7 Å². The van der Waals surface area contributed by atoms with E-state index in [-0.39, 0.29) is 5.75 Å². The highest BCUT2D eigenvalue weighted by Crippen LogP contribution is 2.41. The number of pyridine rings is 1. The minimum Gasteiger partial charge on any atom is -0.507 e. The number of carbonyl (C=O) groups is 1. The summed E-state index contributed by atoms with van der Waals surface area (Å²) >= 11 is 6.50. The number of aromatic nitrogens is 1. The van der Waals surface area contributed by atoms with Crippen molar-refractivity contribution in [3.8, 4) is 28.0 Å². The lowest BCUT2D eigenvalue weighted by Crippen LogP contribution is -2.15. The van der Waals surface area contributed by atoms with Crippen LogP contribution in [-0.2, 0) is 4.79 Å². The lowest BCUT2D eigenvalue weighted by Gasteiger charge is -2.17. The van der Waals surface area contributed by atoms with E-state index in [1.807, 2.05) is 63.2 Å². The average Bonchev–Trinajstić information content (AvgIpc) is 2.70. The number of carbonyl (C=O) groups excluding carboxylic acids is 1. The van der Waals surface area contributed by atoms with Crippen LogP contribution in [0.1, 0.15) is 11.3 Å². The molecule has 0 aliphatic heterocycles. The molecule has 3 aromatic rings. The summed E-state index contributed by atoms with van der Waals surface area (Å²) < 4.78 is 0. The highest BCUT2D eigenvalue weighted by molar-refractivity contribution is 6.34. The summed E-state index contributed by atoms with van der Waals surface area (Å²) in [5, 5.41) is 11.4. The van der Waals surface area contributed by atoms with E-state index >= 15 is 0 Å². The second kappa shape index (κ2) is 9.01. The Morgan fingerprint density at radius 3 is 2.20 bits per heavy atom. The van der Waals surface area contributed by atoms with Gasteiger partial charge in [-0.3, -0.25) is 14.7 Å². The molecule has 0 bridgehead atoms. The Balaban J connectivity index is 2.06. The maximum absolute atomic E-state index is 11.5. The van der Waals surface area contributed by atoms with Gasteiger partial charge < -0.3 is 10.0 Å². The van der Waals surface area contributed by atoms with Gasteiger partial charge in [0, 0.05) is 49.5 Å². The van der Waals surface area contributed by atoms with Gasteiger partial charge in [0.25, 0.3) is 0 Å². The number of amides is 1. The van der Waals surface area contributed by atoms with E-state index in [9.17, 15) is 9.90 Å². The number of hydrogen-bond donors (Lipinski definition) is 1. The fourth-order valence-corrected chi connectivity index (χ4v) is 3.47. The van der Waals surface area contributed by atoms with Gasteiger partial charge in [0.2, 0.25) is 6.41 Å². The average molecular weight is 422 g/mol. The molecule has 0 spiro atoms. The summed E-state index contributed by atoms with van der Waals surface area (Å²) in [5.74, 6) is 0.176. The van der Waals surface area contributed by atoms with Crippen LogP contribution >= 0.6 is 11.6 Å². The Kier molecular flexibility index (Phi) is 6.43. The van der Waals surface area contributed by atoms with Crippen molar-refractivity contribution in [1.82, 2.24) is 9.88 Å². The quantitative estimate of drug-likeness (QED) is 0.542. The number of phenolic OH excluding ortho intramolecular Hbond substituents is 1. The first-order chi connectivity index (χ1) is 14.3. The smallest absolute Gasteiger partial charge is 0.218 e. The van der Waals surface area contributed by atoms with Gasteiger partial charge in [-0.25, -0.2) is 0 Å². The molecule has 154 valence electrons. The Morgan fingerprint density at radius 2 is 1.63 bits per heavy atom. The van der Waals surface area contributed by atoms with Crippen molar-refractivity contribution in [2.24, 2.45) is 0 Å². The Hall–Kier alpha value is -3.31. The SMILES string of the molecule is Cc1cc(-c2ccnc(C)c2)c(O)c(-c2ccc(N(C=O)/C=C\N(C)C)c(Cl)c2)c1. The van der Waals surface area contributed by atoms with Crippen LogP contribution in [0.3, 0.4) is 0 Å². The van der Waals surface area contributed by atoms with Gasteiger partial charge in [0.05, 0.1) is 10.7 Å². The standard InChI is InChI=1S/C24H24ClN3O2/c1-16-11-20(24(30)21(12-16)19-7-8-26-17(2)13-19)18-5-6-23(22(25)14-18)28(15-29)10-9-27(3)4/h5-15,30H,1-4H3/b10-9-. The molecule has 1 N–H and O–H groups in total. The maximum atomic E-state index is 11.5. The van der Waals surface area contributed by atoms with E-state index in [1.165, 1.54) is 4.90 Å². The highest BCUT2D eigenvalue weighted by Gasteiger charge is 2.15. The van der Waals surface area contributed by atoms with Crippen LogP contribution in [0, 0.1) is 13.8 Å². The minimum atomic E-state index is 0.176. The van der Waals surface area contributed by atoms with Gasteiger partial charge >= 0.3 is 0 Å². The van der Waals surface area contributed by atoms with E-state index in [0.29, 0.717) is 22.7 Å². The highest BCUT2D eigenvalue weighted by atomic mass is 35.5. The molecule has 0 atom stereocenters. The predicted molar refractivity (Wildman–Crippen MR) is 123 cm³/mol. The number of halogens is 1. The number of phenols is 1. The molecule has 1 aromatic heterocycles. The second-order valence-corrected chi connectivity index (χ2v) is 7.74. The van der Waals surface area contributed by atoms with E-state index < -0.39 is 0 Å². The van der Waals surface area contributed by atoms with E-state index in [0.717, 1.165) is 27.9 Å². The molecule has 0 fully saturated rings. The van der Waals surface area contributed by atoms with Gasteiger partial charge in [-0.2, -0.15) is 0 Å². The zero-order valence-corrected chi connectivity index (χ0v) is 18.2. The van der Waals surface area contributed by atoms with Crippen molar-refractivity contribution in [3.05, 3.63) is 77.3 Å². The molecule has 1 amide bonds. The fraction of sp³-hybridized carbons (Fsp3) is 0.167. The number of anilines is 1. The molecule has 0 aliphatic carbocycles. The third-order valence-electron chi connectivity index (χ3n) is 4.64. The third-order valence-corrected chi connectivity index (χ3v) is 4.94. The molecule has 30 heavy (non-hydrogen) atoms. The summed E-state index contributed by atoms with van der Waals surface area (Å²) in [7, 11) is 3.74. The predicted octanol–water partition coefficient (Wildman–Crippen LogP) is 5.39. The summed E-state index contributed by atoms with van der Waals surface area (Å²) in [4.78, 5) is 19.0. The molecule has 2 aromatic carbocycles. The van der Waals surface area contributed by atoms with Gasteiger partial charge in [-0.05, 0) is 66.9 Å². The summed E-state index contributed by atoms with van der Waals surface area (Å²) in [6, 6.07) is 13.0. The van der Waals surface area contributed by atoms with Gasteiger partial charge in [0.1, 0.15) is 5.75 Å².